The summed E-state index contributed by atoms with van der Waals surface area (Å²) in [4.78, 5) is 47.6. The maximum Gasteiger partial charge on any atom is 0.261 e. The number of nitrogens with zero attached hydrogens (tertiary/aromatic N) is 5. The van der Waals surface area contributed by atoms with Gasteiger partial charge in [0, 0.05) is 49.0 Å². The van der Waals surface area contributed by atoms with Crippen LogP contribution in [0.3, 0.4) is 0 Å². The van der Waals surface area contributed by atoms with Gasteiger partial charge in [-0.05, 0) is 44.2 Å². The fourth-order valence-corrected chi connectivity index (χ4v) is 5.86. The van der Waals surface area contributed by atoms with Gasteiger partial charge in [-0.1, -0.05) is 43.5 Å². The van der Waals surface area contributed by atoms with Crippen LogP contribution in [0.15, 0.2) is 41.3 Å². The maximum atomic E-state index is 13.7. The number of halogens is 1. The van der Waals surface area contributed by atoms with E-state index in [2.05, 4.69) is 16.4 Å². The number of aryl methyl sites for hydroxylation is 1. The van der Waals surface area contributed by atoms with Gasteiger partial charge in [0.1, 0.15) is 11.9 Å². The van der Waals surface area contributed by atoms with Crippen LogP contribution < -0.4 is 16.2 Å². The van der Waals surface area contributed by atoms with E-state index in [1.165, 1.54) is 0 Å². The first-order valence-corrected chi connectivity index (χ1v) is 14.0. The van der Waals surface area contributed by atoms with Crippen LogP contribution in [0.5, 0.6) is 0 Å². The normalized spacial score (nSPS) is 19.8. The summed E-state index contributed by atoms with van der Waals surface area (Å²) >= 11 is 6.07. The van der Waals surface area contributed by atoms with Crippen LogP contribution in [-0.4, -0.2) is 56.3 Å². The van der Waals surface area contributed by atoms with Crippen LogP contribution in [0.4, 0.5) is 5.82 Å². The van der Waals surface area contributed by atoms with E-state index in [4.69, 9.17) is 22.3 Å². The summed E-state index contributed by atoms with van der Waals surface area (Å²) in [5.41, 5.74) is 6.95. The van der Waals surface area contributed by atoms with Crippen molar-refractivity contribution in [1.82, 2.24) is 18.9 Å². The molecule has 5 rings (SSSR count). The molecule has 202 valence electrons. The summed E-state index contributed by atoms with van der Waals surface area (Å²) < 4.78 is 3.68. The van der Waals surface area contributed by atoms with E-state index in [0.29, 0.717) is 49.1 Å². The number of piperidine rings is 1. The number of likely N-dealkylation sites (tertiary alicyclic amines) is 1. The Balaban J connectivity index is 1.53. The van der Waals surface area contributed by atoms with Crippen molar-refractivity contribution in [2.75, 3.05) is 24.5 Å². The monoisotopic (exact) mass is 538 g/mol. The number of nitrogens with two attached hydrogens (primary N) is 1. The third-order valence-corrected chi connectivity index (χ3v) is 8.04. The minimum Gasteiger partial charge on any atom is -0.369 e. The number of fused-ring (bicyclic) bond motifs is 1. The Hall–Kier alpha value is -3.33. The zero-order valence-electron chi connectivity index (χ0n) is 21.8. The molecule has 2 amide bonds. The number of rotatable bonds is 8. The molecule has 2 aliphatic rings. The molecule has 0 bridgehead atoms. The lowest BCUT2D eigenvalue weighted by molar-refractivity contribution is -0.136. The van der Waals surface area contributed by atoms with Gasteiger partial charge in [-0.25, -0.2) is 4.98 Å². The number of hydrogen-bond donors (Lipinski definition) is 1. The van der Waals surface area contributed by atoms with Crippen molar-refractivity contribution in [1.29, 1.82) is 0 Å². The number of imidazole rings is 1. The molecule has 4 heterocycles. The first-order valence-electron chi connectivity index (χ1n) is 13.6. The molecule has 1 aromatic carbocycles. The number of anilines is 1. The Morgan fingerprint density at radius 1 is 1.11 bits per heavy atom. The number of amides is 2. The lowest BCUT2D eigenvalue weighted by atomic mass is 9.96. The van der Waals surface area contributed by atoms with Gasteiger partial charge in [0.2, 0.25) is 17.6 Å². The number of carbonyl (C=O) groups is 2. The largest absolute Gasteiger partial charge is 0.369 e. The van der Waals surface area contributed by atoms with Gasteiger partial charge in [-0.3, -0.25) is 23.4 Å². The van der Waals surface area contributed by atoms with E-state index in [1.54, 1.807) is 21.6 Å². The number of benzene rings is 1. The van der Waals surface area contributed by atoms with Gasteiger partial charge in [0.15, 0.2) is 0 Å². The second kappa shape index (κ2) is 11.2. The summed E-state index contributed by atoms with van der Waals surface area (Å²) in [6, 6.07) is 8.66. The molecule has 0 radical (unpaired) electrons. The van der Waals surface area contributed by atoms with Crippen molar-refractivity contribution in [2.45, 2.75) is 64.5 Å². The molecular formula is C28H35ClN6O3. The Bertz CT molecular complexity index is 1380. The molecule has 2 aromatic heterocycles. The van der Waals surface area contributed by atoms with E-state index < -0.39 is 0 Å². The molecule has 9 nitrogen and oxygen atoms in total. The Morgan fingerprint density at radius 2 is 1.87 bits per heavy atom. The van der Waals surface area contributed by atoms with E-state index in [1.807, 2.05) is 24.3 Å². The second-order valence-electron chi connectivity index (χ2n) is 10.4. The van der Waals surface area contributed by atoms with Gasteiger partial charge in [0.25, 0.3) is 5.56 Å². The first kappa shape index (κ1) is 26.3. The summed E-state index contributed by atoms with van der Waals surface area (Å²) in [5, 5.41) is 0.638. The van der Waals surface area contributed by atoms with Gasteiger partial charge in [-0.2, -0.15) is 0 Å². The van der Waals surface area contributed by atoms with Gasteiger partial charge >= 0.3 is 0 Å². The van der Waals surface area contributed by atoms with Crippen LogP contribution in [0.1, 0.15) is 51.9 Å². The lowest BCUT2D eigenvalue weighted by Gasteiger charge is -2.36. The van der Waals surface area contributed by atoms with E-state index in [-0.39, 0.29) is 29.3 Å². The molecule has 10 heteroatoms. The van der Waals surface area contributed by atoms with Gasteiger partial charge in [0.05, 0.1) is 11.6 Å². The highest BCUT2D eigenvalue weighted by Gasteiger charge is 2.38. The smallest absolute Gasteiger partial charge is 0.261 e. The average molecular weight is 539 g/mol. The molecule has 2 fully saturated rings. The average Bonchev–Trinajstić information content (AvgIpc) is 3.58. The van der Waals surface area contributed by atoms with E-state index in [9.17, 15) is 14.4 Å². The van der Waals surface area contributed by atoms with Crippen molar-refractivity contribution in [3.63, 3.8) is 0 Å². The topological polar surface area (TPSA) is 106 Å². The van der Waals surface area contributed by atoms with E-state index >= 15 is 0 Å². The maximum absolute atomic E-state index is 13.7. The molecule has 2 aliphatic heterocycles. The third kappa shape index (κ3) is 5.16. The highest BCUT2D eigenvalue weighted by Crippen LogP contribution is 2.30. The summed E-state index contributed by atoms with van der Waals surface area (Å²) in [7, 11) is 0. The summed E-state index contributed by atoms with van der Waals surface area (Å²) in [5.74, 6) is 0.648. The lowest BCUT2D eigenvalue weighted by Crippen LogP contribution is -2.51. The number of primary amides is 1. The number of carbonyl (C=O) groups excluding carboxylic acids is 2. The molecule has 0 spiro atoms. The summed E-state index contributed by atoms with van der Waals surface area (Å²) in [6.07, 6.45) is 7.86. The number of aromatic nitrogens is 3. The van der Waals surface area contributed by atoms with Crippen molar-refractivity contribution >= 4 is 35.0 Å². The standard InChI is InChI=1S/C28H35ClN6O3/c1-2-3-4-14-34-24(16-25(36)35-18-22(31-28(34)35)19-9-11-21(29)12-10-19)33-15-6-8-23(33)27(38)32-13-5-7-20(17-32)26(30)37/h9-12,16,18,20,23H,2-8,13-15,17H2,1H3,(H2,30,37)/t20?,23-/m0/s1. The Morgan fingerprint density at radius 3 is 2.61 bits per heavy atom. The molecule has 0 aliphatic carbocycles. The third-order valence-electron chi connectivity index (χ3n) is 7.79. The fourth-order valence-electron chi connectivity index (χ4n) is 5.73. The van der Waals surface area contributed by atoms with Gasteiger partial charge in [-0.15, -0.1) is 0 Å². The highest BCUT2D eigenvalue weighted by atomic mass is 35.5. The zero-order chi connectivity index (χ0) is 26.8. The molecule has 2 atom stereocenters. The van der Waals surface area contributed by atoms with Crippen molar-refractivity contribution in [2.24, 2.45) is 11.7 Å². The molecule has 3 aromatic rings. The summed E-state index contributed by atoms with van der Waals surface area (Å²) in [6.45, 7) is 4.52. The van der Waals surface area contributed by atoms with Crippen LogP contribution in [0, 0.1) is 5.92 Å². The SMILES string of the molecule is CCCCCn1c(N2CCC[C@H]2C(=O)N2CCCC(C(N)=O)C2)cc(=O)n2cc(-c3ccc(Cl)cc3)nc12. The Kier molecular flexibility index (Phi) is 7.74. The molecule has 0 saturated carbocycles. The first-order chi connectivity index (χ1) is 18.4. The van der Waals surface area contributed by atoms with Crippen LogP contribution in [-0.2, 0) is 16.1 Å². The Labute approximate surface area is 227 Å². The van der Waals surface area contributed by atoms with Crippen molar-refractivity contribution in [3.05, 3.63) is 51.9 Å². The van der Waals surface area contributed by atoms with Crippen molar-refractivity contribution < 1.29 is 9.59 Å². The van der Waals surface area contributed by atoms with E-state index in [0.717, 1.165) is 49.9 Å². The van der Waals surface area contributed by atoms with Crippen LogP contribution in [0.2, 0.25) is 5.02 Å². The fraction of sp³-hybridized carbons (Fsp3) is 0.500. The molecule has 38 heavy (non-hydrogen) atoms. The number of hydrogen-bond acceptors (Lipinski definition) is 5. The number of unbranched alkanes of at least 4 members (excludes halogenated alkanes) is 2. The molecule has 1 unspecified atom stereocenters. The minimum absolute atomic E-state index is 0.00563. The minimum atomic E-state index is -0.383. The second-order valence-corrected chi connectivity index (χ2v) is 10.8. The highest BCUT2D eigenvalue weighted by molar-refractivity contribution is 6.30. The quantitative estimate of drug-likeness (QED) is 0.440. The molecular weight excluding hydrogens is 504 g/mol. The van der Waals surface area contributed by atoms with Gasteiger partial charge < -0.3 is 15.5 Å². The van der Waals surface area contributed by atoms with Crippen molar-refractivity contribution in [3.8, 4) is 11.3 Å². The zero-order valence-corrected chi connectivity index (χ0v) is 22.6. The van der Waals surface area contributed by atoms with Crippen LogP contribution >= 0.6 is 11.6 Å². The molecule has 2 saturated heterocycles. The molecule has 2 N–H and O–H groups in total. The van der Waals surface area contributed by atoms with Crippen LogP contribution in [0.25, 0.3) is 17.0 Å². The predicted molar refractivity (Wildman–Crippen MR) is 148 cm³/mol. The predicted octanol–water partition coefficient (Wildman–Crippen LogP) is 3.70.